The minimum Gasteiger partial charge on any atom is -0.287 e. The Morgan fingerprint density at radius 3 is 1.70 bits per heavy atom. The molecule has 124 valence electrons. The second-order valence-corrected chi connectivity index (χ2v) is 6.82. The van der Waals surface area contributed by atoms with E-state index in [0.717, 1.165) is 24.0 Å². The molecule has 2 rings (SSSR count). The van der Waals surface area contributed by atoms with Crippen LogP contribution in [0.2, 0.25) is 0 Å². The Kier molecular flexibility index (Phi) is 7.50. The predicted molar refractivity (Wildman–Crippen MR) is 90.9 cm³/mol. The van der Waals surface area contributed by atoms with E-state index in [0.29, 0.717) is 6.61 Å². The minimum atomic E-state index is -3.58. The Balaban J connectivity index is 1.94. The van der Waals surface area contributed by atoms with Crippen LogP contribution >= 0.6 is 7.82 Å². The van der Waals surface area contributed by atoms with Gasteiger partial charge in [0.15, 0.2) is 0 Å². The minimum absolute atomic E-state index is 0.193. The van der Waals surface area contributed by atoms with Crippen LogP contribution in [0.4, 0.5) is 0 Å². The molecule has 0 bridgehead atoms. The maximum Gasteiger partial charge on any atom is 0.475 e. The summed E-state index contributed by atoms with van der Waals surface area (Å²) in [6.45, 7) is 2.79. The van der Waals surface area contributed by atoms with E-state index < -0.39 is 7.82 Å². The van der Waals surface area contributed by atoms with Gasteiger partial charge in [0.1, 0.15) is 0 Å². The molecule has 0 aliphatic heterocycles. The van der Waals surface area contributed by atoms with Crippen molar-refractivity contribution in [3.8, 4) is 0 Å². The summed E-state index contributed by atoms with van der Waals surface area (Å²) in [5.74, 6) is 0. The molecule has 0 spiro atoms. The summed E-state index contributed by atoms with van der Waals surface area (Å²) in [5.41, 5.74) is 1.85. The summed E-state index contributed by atoms with van der Waals surface area (Å²) in [4.78, 5) is 0. The van der Waals surface area contributed by atoms with Gasteiger partial charge >= 0.3 is 7.82 Å². The Labute approximate surface area is 138 Å². The van der Waals surface area contributed by atoms with E-state index in [4.69, 9.17) is 13.6 Å². The summed E-state index contributed by atoms with van der Waals surface area (Å²) in [6, 6.07) is 19.1. The number of hydrogen-bond donors (Lipinski definition) is 0. The molecule has 2 aromatic rings. The van der Waals surface area contributed by atoms with Gasteiger partial charge in [0.2, 0.25) is 0 Å². The zero-order valence-corrected chi connectivity index (χ0v) is 14.3. The molecule has 0 saturated heterocycles. The quantitative estimate of drug-likeness (QED) is 0.434. The molecular weight excluding hydrogens is 311 g/mol. The van der Waals surface area contributed by atoms with Crippen molar-refractivity contribution < 1.29 is 18.1 Å². The normalized spacial score (nSPS) is 11.5. The Bertz CT molecular complexity index is 553. The molecule has 2 aromatic carbocycles. The molecule has 23 heavy (non-hydrogen) atoms. The van der Waals surface area contributed by atoms with E-state index in [1.54, 1.807) is 0 Å². The molecule has 0 saturated carbocycles. The van der Waals surface area contributed by atoms with Crippen molar-refractivity contribution in [2.75, 3.05) is 6.61 Å². The smallest absolute Gasteiger partial charge is 0.287 e. The van der Waals surface area contributed by atoms with Crippen LogP contribution in [-0.4, -0.2) is 6.61 Å². The van der Waals surface area contributed by atoms with Gasteiger partial charge < -0.3 is 0 Å². The fraction of sp³-hybridized carbons (Fsp3) is 0.333. The van der Waals surface area contributed by atoms with Gasteiger partial charge in [0.25, 0.3) is 0 Å². The van der Waals surface area contributed by atoms with Gasteiger partial charge in [-0.1, -0.05) is 74.0 Å². The number of rotatable bonds is 10. The highest BCUT2D eigenvalue weighted by Crippen LogP contribution is 2.51. The van der Waals surface area contributed by atoms with Gasteiger partial charge in [-0.2, -0.15) is 0 Å². The molecule has 0 fully saturated rings. The summed E-state index contributed by atoms with van der Waals surface area (Å²) in [6.07, 6.45) is 1.77. The van der Waals surface area contributed by atoms with Crippen molar-refractivity contribution in [2.24, 2.45) is 0 Å². The van der Waals surface area contributed by atoms with E-state index >= 15 is 0 Å². The van der Waals surface area contributed by atoms with Gasteiger partial charge in [-0.15, -0.1) is 0 Å². The number of hydrogen-bond acceptors (Lipinski definition) is 4. The molecule has 0 unspecified atom stereocenters. The van der Waals surface area contributed by atoms with Gasteiger partial charge in [-0.3, -0.25) is 13.6 Å². The number of unbranched alkanes of at least 4 members (excludes halogenated alkanes) is 1. The fourth-order valence-electron chi connectivity index (χ4n) is 1.89. The van der Waals surface area contributed by atoms with Crippen LogP contribution in [0.25, 0.3) is 0 Å². The van der Waals surface area contributed by atoms with Crippen molar-refractivity contribution in [3.05, 3.63) is 71.8 Å². The lowest BCUT2D eigenvalue weighted by atomic mass is 10.2. The highest BCUT2D eigenvalue weighted by atomic mass is 31.2. The van der Waals surface area contributed by atoms with Crippen LogP contribution in [0.15, 0.2) is 60.7 Å². The maximum atomic E-state index is 12.8. The van der Waals surface area contributed by atoms with Gasteiger partial charge in [-0.25, -0.2) is 4.57 Å². The zero-order valence-electron chi connectivity index (χ0n) is 13.4. The first kappa shape index (κ1) is 17.9. The summed E-state index contributed by atoms with van der Waals surface area (Å²) in [5, 5.41) is 0. The highest BCUT2D eigenvalue weighted by Gasteiger charge is 2.26. The van der Waals surface area contributed by atoms with Crippen LogP contribution < -0.4 is 0 Å². The summed E-state index contributed by atoms with van der Waals surface area (Å²) < 4.78 is 29.2. The second-order valence-electron chi connectivity index (χ2n) is 5.15. The van der Waals surface area contributed by atoms with Crippen molar-refractivity contribution in [2.45, 2.75) is 33.0 Å². The van der Waals surface area contributed by atoms with E-state index in [1.807, 2.05) is 67.6 Å². The van der Waals surface area contributed by atoms with Crippen molar-refractivity contribution in [1.82, 2.24) is 0 Å². The average Bonchev–Trinajstić information content (AvgIpc) is 2.61. The van der Waals surface area contributed by atoms with Crippen LogP contribution in [0.5, 0.6) is 0 Å². The van der Waals surface area contributed by atoms with Crippen LogP contribution in [-0.2, 0) is 31.4 Å². The average molecular weight is 334 g/mol. The molecular formula is C18H23O4P. The Morgan fingerprint density at radius 2 is 1.26 bits per heavy atom. The first-order chi connectivity index (χ1) is 11.2. The molecule has 0 aliphatic rings. The van der Waals surface area contributed by atoms with E-state index in [2.05, 4.69) is 0 Å². The Hall–Kier alpha value is -1.45. The lowest BCUT2D eigenvalue weighted by molar-refractivity contribution is 0.102. The molecule has 0 aliphatic carbocycles. The van der Waals surface area contributed by atoms with E-state index in [-0.39, 0.29) is 13.2 Å². The SMILES string of the molecule is CCCCOP(=O)(OCc1ccccc1)OCc1ccccc1. The van der Waals surface area contributed by atoms with Crippen LogP contribution in [0, 0.1) is 0 Å². The Morgan fingerprint density at radius 1 is 0.783 bits per heavy atom. The van der Waals surface area contributed by atoms with Crippen LogP contribution in [0.1, 0.15) is 30.9 Å². The van der Waals surface area contributed by atoms with Crippen molar-refractivity contribution in [3.63, 3.8) is 0 Å². The lowest BCUT2D eigenvalue weighted by Gasteiger charge is -2.18. The topological polar surface area (TPSA) is 44.8 Å². The molecule has 0 radical (unpaired) electrons. The van der Waals surface area contributed by atoms with Crippen LogP contribution in [0.3, 0.4) is 0 Å². The number of benzene rings is 2. The van der Waals surface area contributed by atoms with Gasteiger partial charge in [-0.05, 0) is 17.5 Å². The number of phosphoric acid groups is 1. The monoisotopic (exact) mass is 334 g/mol. The largest absolute Gasteiger partial charge is 0.475 e. The van der Waals surface area contributed by atoms with Crippen molar-refractivity contribution in [1.29, 1.82) is 0 Å². The summed E-state index contributed by atoms with van der Waals surface area (Å²) >= 11 is 0. The highest BCUT2D eigenvalue weighted by molar-refractivity contribution is 7.48. The standard InChI is InChI=1S/C18H23O4P/c1-2-3-14-20-23(19,21-15-17-10-6-4-7-11-17)22-16-18-12-8-5-9-13-18/h4-13H,2-3,14-16H2,1H3. The molecule has 0 N–H and O–H groups in total. The van der Waals surface area contributed by atoms with Gasteiger partial charge in [0, 0.05) is 0 Å². The molecule has 0 amide bonds. The zero-order chi connectivity index (χ0) is 16.4. The molecule has 0 heterocycles. The van der Waals surface area contributed by atoms with E-state index in [9.17, 15) is 4.57 Å². The third-order valence-electron chi connectivity index (χ3n) is 3.21. The second kappa shape index (κ2) is 9.64. The molecule has 5 heteroatoms. The third kappa shape index (κ3) is 6.67. The predicted octanol–water partition coefficient (Wildman–Crippen LogP) is 5.34. The van der Waals surface area contributed by atoms with E-state index in [1.165, 1.54) is 0 Å². The third-order valence-corrected chi connectivity index (χ3v) is 4.60. The maximum absolute atomic E-state index is 12.8. The van der Waals surface area contributed by atoms with Crippen molar-refractivity contribution >= 4 is 7.82 Å². The first-order valence-electron chi connectivity index (χ1n) is 7.83. The molecule has 0 atom stereocenters. The molecule has 4 nitrogen and oxygen atoms in total. The molecule has 0 aromatic heterocycles. The number of phosphoric ester groups is 1. The van der Waals surface area contributed by atoms with Gasteiger partial charge in [0.05, 0.1) is 19.8 Å². The first-order valence-corrected chi connectivity index (χ1v) is 9.29. The summed E-state index contributed by atoms with van der Waals surface area (Å²) in [7, 11) is -3.58. The fourth-order valence-corrected chi connectivity index (χ4v) is 3.08. The lowest BCUT2D eigenvalue weighted by Crippen LogP contribution is -2.02.